The molecule has 2 rings (SSSR count). The Kier molecular flexibility index (Phi) is 3.70. The summed E-state index contributed by atoms with van der Waals surface area (Å²) in [4.78, 5) is 15.1. The van der Waals surface area contributed by atoms with Crippen LogP contribution in [0.3, 0.4) is 0 Å². The molecule has 2 aromatic rings. The number of carbonyl (C=O) groups is 1. The maximum Gasteiger partial charge on any atom is 0.355 e. The number of benzene rings is 1. The molecule has 0 atom stereocenters. The Labute approximate surface area is 107 Å². The molecular formula is C15H19NO2. The van der Waals surface area contributed by atoms with E-state index in [1.165, 1.54) is 5.56 Å². The summed E-state index contributed by atoms with van der Waals surface area (Å²) in [7, 11) is 0. The minimum atomic E-state index is -0.261. The van der Waals surface area contributed by atoms with Crippen LogP contribution in [-0.2, 0) is 17.6 Å². The van der Waals surface area contributed by atoms with Crippen molar-refractivity contribution in [3.05, 3.63) is 35.0 Å². The van der Waals surface area contributed by atoms with Gasteiger partial charge in [-0.1, -0.05) is 19.9 Å². The van der Waals surface area contributed by atoms with Crippen molar-refractivity contribution < 1.29 is 9.53 Å². The van der Waals surface area contributed by atoms with Gasteiger partial charge in [-0.2, -0.15) is 0 Å². The molecule has 0 aliphatic carbocycles. The average molecular weight is 245 g/mol. The normalized spacial score (nSPS) is 10.8. The van der Waals surface area contributed by atoms with Crippen molar-refractivity contribution in [2.75, 3.05) is 6.61 Å². The number of hydrogen-bond donors (Lipinski definition) is 1. The summed E-state index contributed by atoms with van der Waals surface area (Å²) >= 11 is 0. The molecule has 1 N–H and O–H groups in total. The minimum Gasteiger partial charge on any atom is -0.461 e. The van der Waals surface area contributed by atoms with E-state index in [0.29, 0.717) is 12.3 Å². The van der Waals surface area contributed by atoms with Crippen molar-refractivity contribution >= 4 is 16.9 Å². The molecular weight excluding hydrogens is 226 g/mol. The third-order valence-corrected chi connectivity index (χ3v) is 3.21. The second-order valence-corrected chi connectivity index (χ2v) is 4.29. The van der Waals surface area contributed by atoms with Crippen LogP contribution in [0.1, 0.15) is 42.4 Å². The molecule has 0 spiro atoms. The summed E-state index contributed by atoms with van der Waals surface area (Å²) in [6.45, 7) is 6.41. The SMILES string of the molecule is CCOC(=O)c1[nH]c2ccc(CC)cc2c1CC. The number of ether oxygens (including phenoxy) is 1. The predicted octanol–water partition coefficient (Wildman–Crippen LogP) is 3.47. The van der Waals surface area contributed by atoms with Gasteiger partial charge in [0.2, 0.25) is 0 Å². The Morgan fingerprint density at radius 3 is 2.61 bits per heavy atom. The molecule has 0 amide bonds. The summed E-state index contributed by atoms with van der Waals surface area (Å²) in [5.74, 6) is -0.261. The zero-order valence-electron chi connectivity index (χ0n) is 11.2. The second kappa shape index (κ2) is 5.25. The van der Waals surface area contributed by atoms with Crippen LogP contribution in [0.2, 0.25) is 0 Å². The molecule has 0 saturated heterocycles. The fourth-order valence-corrected chi connectivity index (χ4v) is 2.26. The number of hydrogen-bond acceptors (Lipinski definition) is 2. The van der Waals surface area contributed by atoms with Crippen molar-refractivity contribution in [3.8, 4) is 0 Å². The molecule has 1 heterocycles. The van der Waals surface area contributed by atoms with Gasteiger partial charge in [-0.25, -0.2) is 4.79 Å². The fourth-order valence-electron chi connectivity index (χ4n) is 2.26. The van der Waals surface area contributed by atoms with E-state index < -0.39 is 0 Å². The Morgan fingerprint density at radius 2 is 2.00 bits per heavy atom. The first kappa shape index (κ1) is 12.7. The van der Waals surface area contributed by atoms with Gasteiger partial charge in [-0.05, 0) is 43.0 Å². The molecule has 1 aromatic carbocycles. The van der Waals surface area contributed by atoms with Gasteiger partial charge in [0.05, 0.1) is 6.61 Å². The maximum atomic E-state index is 11.9. The van der Waals surface area contributed by atoms with Gasteiger partial charge in [0, 0.05) is 10.9 Å². The van der Waals surface area contributed by atoms with Gasteiger partial charge in [0.1, 0.15) is 5.69 Å². The topological polar surface area (TPSA) is 42.1 Å². The fraction of sp³-hybridized carbons (Fsp3) is 0.400. The maximum absolute atomic E-state index is 11.9. The lowest BCUT2D eigenvalue weighted by Gasteiger charge is -2.02. The van der Waals surface area contributed by atoms with Crippen molar-refractivity contribution in [3.63, 3.8) is 0 Å². The number of aryl methyl sites for hydroxylation is 2. The molecule has 0 radical (unpaired) electrons. The van der Waals surface area contributed by atoms with Crippen LogP contribution < -0.4 is 0 Å². The van der Waals surface area contributed by atoms with Crippen LogP contribution in [0.4, 0.5) is 0 Å². The van der Waals surface area contributed by atoms with E-state index in [4.69, 9.17) is 4.74 Å². The molecule has 0 bridgehead atoms. The minimum absolute atomic E-state index is 0.261. The van der Waals surface area contributed by atoms with Crippen molar-refractivity contribution in [2.24, 2.45) is 0 Å². The standard InChI is InChI=1S/C15H19NO2/c1-4-10-7-8-13-12(9-10)11(5-2)14(16-13)15(17)18-6-3/h7-9,16H,4-6H2,1-3H3. The van der Waals surface area contributed by atoms with Gasteiger partial charge >= 0.3 is 5.97 Å². The van der Waals surface area contributed by atoms with E-state index in [0.717, 1.165) is 29.3 Å². The monoisotopic (exact) mass is 245 g/mol. The molecule has 0 saturated carbocycles. The molecule has 0 aliphatic rings. The van der Waals surface area contributed by atoms with Crippen LogP contribution in [0.5, 0.6) is 0 Å². The summed E-state index contributed by atoms with van der Waals surface area (Å²) in [5, 5.41) is 1.14. The van der Waals surface area contributed by atoms with E-state index in [1.807, 2.05) is 13.0 Å². The Morgan fingerprint density at radius 1 is 1.22 bits per heavy atom. The van der Waals surface area contributed by atoms with Crippen LogP contribution in [0.15, 0.2) is 18.2 Å². The van der Waals surface area contributed by atoms with Crippen LogP contribution in [-0.4, -0.2) is 17.6 Å². The third kappa shape index (κ3) is 2.13. The summed E-state index contributed by atoms with van der Waals surface area (Å²) in [6, 6.07) is 6.29. The lowest BCUT2D eigenvalue weighted by atomic mass is 10.0. The van der Waals surface area contributed by atoms with Gasteiger partial charge in [0.25, 0.3) is 0 Å². The number of esters is 1. The van der Waals surface area contributed by atoms with Crippen molar-refractivity contribution in [1.82, 2.24) is 4.98 Å². The molecule has 3 heteroatoms. The van der Waals surface area contributed by atoms with Gasteiger partial charge < -0.3 is 9.72 Å². The first-order valence-electron chi connectivity index (χ1n) is 6.51. The highest BCUT2D eigenvalue weighted by molar-refractivity contribution is 5.98. The van der Waals surface area contributed by atoms with E-state index in [1.54, 1.807) is 0 Å². The highest BCUT2D eigenvalue weighted by Gasteiger charge is 2.17. The summed E-state index contributed by atoms with van der Waals surface area (Å²) < 4.78 is 5.09. The number of carbonyl (C=O) groups excluding carboxylic acids is 1. The highest BCUT2D eigenvalue weighted by Crippen LogP contribution is 2.25. The zero-order chi connectivity index (χ0) is 13.1. The van der Waals surface area contributed by atoms with Gasteiger partial charge in [-0.3, -0.25) is 0 Å². The van der Waals surface area contributed by atoms with Crippen molar-refractivity contribution in [2.45, 2.75) is 33.6 Å². The number of nitrogens with one attached hydrogen (secondary N) is 1. The molecule has 96 valence electrons. The number of aromatic nitrogens is 1. The number of rotatable bonds is 4. The smallest absolute Gasteiger partial charge is 0.355 e. The quantitative estimate of drug-likeness (QED) is 0.838. The third-order valence-electron chi connectivity index (χ3n) is 3.21. The van der Waals surface area contributed by atoms with E-state index in [9.17, 15) is 4.79 Å². The molecule has 18 heavy (non-hydrogen) atoms. The molecule has 0 aliphatic heterocycles. The first-order chi connectivity index (χ1) is 8.71. The van der Waals surface area contributed by atoms with E-state index >= 15 is 0 Å². The second-order valence-electron chi connectivity index (χ2n) is 4.29. The van der Waals surface area contributed by atoms with Crippen LogP contribution >= 0.6 is 0 Å². The molecule has 0 fully saturated rings. The summed E-state index contributed by atoms with van der Waals surface area (Å²) in [6.07, 6.45) is 1.82. The van der Waals surface area contributed by atoms with Crippen LogP contribution in [0, 0.1) is 0 Å². The molecule has 0 unspecified atom stereocenters. The van der Waals surface area contributed by atoms with Crippen LogP contribution in [0.25, 0.3) is 10.9 Å². The largest absolute Gasteiger partial charge is 0.461 e. The number of H-pyrrole nitrogens is 1. The van der Waals surface area contributed by atoms with Gasteiger partial charge in [0.15, 0.2) is 0 Å². The molecule has 3 nitrogen and oxygen atoms in total. The Hall–Kier alpha value is -1.77. The van der Waals surface area contributed by atoms with Crippen molar-refractivity contribution in [1.29, 1.82) is 0 Å². The van der Waals surface area contributed by atoms with E-state index in [-0.39, 0.29) is 5.97 Å². The first-order valence-corrected chi connectivity index (χ1v) is 6.51. The average Bonchev–Trinajstić information content (AvgIpc) is 2.76. The number of fused-ring (bicyclic) bond motifs is 1. The molecule has 1 aromatic heterocycles. The van der Waals surface area contributed by atoms with E-state index in [2.05, 4.69) is 31.0 Å². The highest BCUT2D eigenvalue weighted by atomic mass is 16.5. The lowest BCUT2D eigenvalue weighted by molar-refractivity contribution is 0.0519. The number of aromatic amines is 1. The Bertz CT molecular complexity index is 569. The predicted molar refractivity (Wildman–Crippen MR) is 73.0 cm³/mol. The Balaban J connectivity index is 2.57. The summed E-state index contributed by atoms with van der Waals surface area (Å²) in [5.41, 5.74) is 3.94. The van der Waals surface area contributed by atoms with Gasteiger partial charge in [-0.15, -0.1) is 0 Å². The zero-order valence-corrected chi connectivity index (χ0v) is 11.2. The lowest BCUT2D eigenvalue weighted by Crippen LogP contribution is -2.07.